The van der Waals surface area contributed by atoms with Crippen molar-refractivity contribution in [3.05, 3.63) is 46.4 Å². The molecular weight excluding hydrogens is 338 g/mol. The highest BCUT2D eigenvalue weighted by atomic mass is 16.6. The molecule has 2 aromatic heterocycles. The molecule has 0 unspecified atom stereocenters. The number of carbonyl (C=O) groups is 2. The van der Waals surface area contributed by atoms with E-state index in [1.807, 2.05) is 0 Å². The van der Waals surface area contributed by atoms with Gasteiger partial charge in [0, 0.05) is 13.1 Å². The van der Waals surface area contributed by atoms with Gasteiger partial charge in [0.2, 0.25) is 0 Å². The number of hydrogen-bond acceptors (Lipinski definition) is 5. The molecule has 0 aliphatic rings. The Morgan fingerprint density at radius 2 is 1.88 bits per heavy atom. The van der Waals surface area contributed by atoms with Crippen molar-refractivity contribution in [2.45, 2.75) is 32.8 Å². The van der Waals surface area contributed by atoms with Gasteiger partial charge in [0.05, 0.1) is 12.0 Å². The molecule has 2 rings (SSSR count). The van der Waals surface area contributed by atoms with Crippen LogP contribution < -0.4 is 16.2 Å². The van der Waals surface area contributed by atoms with Gasteiger partial charge in [0.1, 0.15) is 16.9 Å². The molecule has 0 saturated carbocycles. The summed E-state index contributed by atoms with van der Waals surface area (Å²) in [5.74, 6) is 0.0387. The number of pyridine rings is 1. The van der Waals surface area contributed by atoms with Gasteiger partial charge >= 0.3 is 6.09 Å². The van der Waals surface area contributed by atoms with Crippen molar-refractivity contribution in [1.29, 1.82) is 0 Å². The summed E-state index contributed by atoms with van der Waals surface area (Å²) in [6.07, 6.45) is 1.50. The molecule has 8 heteroatoms. The summed E-state index contributed by atoms with van der Waals surface area (Å²) in [4.78, 5) is 38.2. The topological polar surface area (TPSA) is 113 Å². The van der Waals surface area contributed by atoms with Gasteiger partial charge in [0.25, 0.3) is 11.5 Å². The summed E-state index contributed by atoms with van der Waals surface area (Å²) in [5.41, 5.74) is -0.539. The van der Waals surface area contributed by atoms with E-state index in [2.05, 4.69) is 15.6 Å². The number of carbonyl (C=O) groups excluding carboxylic acids is 2. The number of nitrogens with one attached hydrogen (secondary N) is 3. The number of aromatic nitrogens is 1. The summed E-state index contributed by atoms with van der Waals surface area (Å²) in [6.45, 7) is 6.00. The fraction of sp³-hybridized carbons (Fsp3) is 0.389. The van der Waals surface area contributed by atoms with E-state index in [1.165, 1.54) is 12.3 Å². The molecule has 0 bridgehead atoms. The summed E-state index contributed by atoms with van der Waals surface area (Å²) in [6, 6.07) is 6.48. The molecule has 0 spiro atoms. The molecule has 0 fully saturated rings. The van der Waals surface area contributed by atoms with Crippen LogP contribution in [0, 0.1) is 0 Å². The quantitative estimate of drug-likeness (QED) is 0.683. The number of H-pyrrole nitrogens is 1. The first-order valence-corrected chi connectivity index (χ1v) is 8.28. The lowest BCUT2D eigenvalue weighted by molar-refractivity contribution is 0.0527. The van der Waals surface area contributed by atoms with Gasteiger partial charge < -0.3 is 24.8 Å². The zero-order valence-corrected chi connectivity index (χ0v) is 15.0. The molecule has 2 heterocycles. The SMILES string of the molecule is CC(C)(C)OC(=O)NCCCNC(=O)c1ccc(-c2ccco2)[nH]c1=O. The standard InChI is InChI=1S/C18H23N3O5/c1-18(2,3)26-17(24)20-10-5-9-19-15(22)12-7-8-13(21-16(12)23)14-6-4-11-25-14/h4,6-8,11H,5,9-10H2,1-3H3,(H,19,22)(H,20,24)(H,21,23). The van der Waals surface area contributed by atoms with E-state index in [0.29, 0.717) is 31.0 Å². The number of alkyl carbamates (subject to hydrolysis) is 1. The molecule has 8 nitrogen and oxygen atoms in total. The molecule has 0 saturated heterocycles. The average molecular weight is 361 g/mol. The summed E-state index contributed by atoms with van der Waals surface area (Å²) in [5, 5.41) is 5.24. The van der Waals surface area contributed by atoms with Crippen molar-refractivity contribution in [2.75, 3.05) is 13.1 Å². The number of amides is 2. The highest BCUT2D eigenvalue weighted by Crippen LogP contribution is 2.15. The van der Waals surface area contributed by atoms with E-state index in [-0.39, 0.29) is 5.56 Å². The summed E-state index contributed by atoms with van der Waals surface area (Å²) >= 11 is 0. The van der Waals surface area contributed by atoms with Crippen molar-refractivity contribution in [3.8, 4) is 11.5 Å². The third-order valence-electron chi connectivity index (χ3n) is 3.25. The van der Waals surface area contributed by atoms with E-state index in [9.17, 15) is 14.4 Å². The van der Waals surface area contributed by atoms with Crippen LogP contribution in [0.3, 0.4) is 0 Å². The third-order valence-corrected chi connectivity index (χ3v) is 3.25. The van der Waals surface area contributed by atoms with Gasteiger partial charge in [0.15, 0.2) is 0 Å². The van der Waals surface area contributed by atoms with Crippen LogP contribution in [0.2, 0.25) is 0 Å². The van der Waals surface area contributed by atoms with Crippen LogP contribution in [0.15, 0.2) is 39.7 Å². The van der Waals surface area contributed by atoms with Crippen molar-refractivity contribution in [1.82, 2.24) is 15.6 Å². The predicted octanol–water partition coefficient (Wildman–Crippen LogP) is 2.28. The molecule has 3 N–H and O–H groups in total. The highest BCUT2D eigenvalue weighted by Gasteiger charge is 2.15. The molecule has 2 amide bonds. The van der Waals surface area contributed by atoms with Crippen LogP contribution >= 0.6 is 0 Å². The maximum absolute atomic E-state index is 12.1. The van der Waals surface area contributed by atoms with E-state index in [4.69, 9.17) is 9.15 Å². The summed E-state index contributed by atoms with van der Waals surface area (Å²) < 4.78 is 10.3. The Bertz CT molecular complexity index is 803. The number of rotatable bonds is 6. The van der Waals surface area contributed by atoms with Crippen molar-refractivity contribution in [3.63, 3.8) is 0 Å². The van der Waals surface area contributed by atoms with Gasteiger partial charge in [-0.05, 0) is 51.5 Å². The summed E-state index contributed by atoms with van der Waals surface area (Å²) in [7, 11) is 0. The van der Waals surface area contributed by atoms with E-state index < -0.39 is 23.2 Å². The third kappa shape index (κ3) is 5.80. The van der Waals surface area contributed by atoms with Crippen LogP contribution in [-0.2, 0) is 4.74 Å². The Morgan fingerprint density at radius 3 is 2.50 bits per heavy atom. The van der Waals surface area contributed by atoms with Crippen LogP contribution in [0.4, 0.5) is 4.79 Å². The molecular formula is C18H23N3O5. The Labute approximate surface area is 150 Å². The van der Waals surface area contributed by atoms with Crippen molar-refractivity contribution < 1.29 is 18.7 Å². The van der Waals surface area contributed by atoms with Crippen molar-refractivity contribution in [2.24, 2.45) is 0 Å². The zero-order valence-electron chi connectivity index (χ0n) is 15.0. The number of aromatic amines is 1. The van der Waals surface area contributed by atoms with Crippen LogP contribution in [-0.4, -0.2) is 35.7 Å². The average Bonchev–Trinajstić information content (AvgIpc) is 3.07. The molecule has 0 aliphatic carbocycles. The molecule has 26 heavy (non-hydrogen) atoms. The van der Waals surface area contributed by atoms with Gasteiger partial charge in [-0.2, -0.15) is 0 Å². The molecule has 0 atom stereocenters. The second kappa shape index (κ2) is 8.37. The van der Waals surface area contributed by atoms with Gasteiger partial charge in [-0.15, -0.1) is 0 Å². The van der Waals surface area contributed by atoms with Crippen LogP contribution in [0.1, 0.15) is 37.6 Å². The number of ether oxygens (including phenoxy) is 1. The first-order valence-electron chi connectivity index (χ1n) is 8.28. The minimum Gasteiger partial charge on any atom is -0.463 e. The fourth-order valence-electron chi connectivity index (χ4n) is 2.12. The number of furan rings is 1. The first-order chi connectivity index (χ1) is 12.3. The Balaban J connectivity index is 1.78. The van der Waals surface area contributed by atoms with E-state index in [1.54, 1.807) is 39.0 Å². The Hall–Kier alpha value is -3.03. The van der Waals surface area contributed by atoms with Crippen LogP contribution in [0.5, 0.6) is 0 Å². The lowest BCUT2D eigenvalue weighted by atomic mass is 10.2. The molecule has 140 valence electrons. The maximum Gasteiger partial charge on any atom is 0.407 e. The van der Waals surface area contributed by atoms with Gasteiger partial charge in [-0.25, -0.2) is 4.79 Å². The largest absolute Gasteiger partial charge is 0.463 e. The zero-order chi connectivity index (χ0) is 19.2. The lowest BCUT2D eigenvalue weighted by Gasteiger charge is -2.19. The first kappa shape index (κ1) is 19.3. The molecule has 2 aromatic rings. The molecule has 0 aliphatic heterocycles. The Kier molecular flexibility index (Phi) is 6.21. The van der Waals surface area contributed by atoms with Gasteiger partial charge in [-0.3, -0.25) is 9.59 Å². The second-order valence-electron chi connectivity index (χ2n) is 6.63. The highest BCUT2D eigenvalue weighted by molar-refractivity contribution is 5.94. The smallest absolute Gasteiger partial charge is 0.407 e. The van der Waals surface area contributed by atoms with Gasteiger partial charge in [-0.1, -0.05) is 0 Å². The van der Waals surface area contributed by atoms with Crippen LogP contribution in [0.25, 0.3) is 11.5 Å². The normalized spacial score (nSPS) is 11.0. The molecule has 0 radical (unpaired) electrons. The Morgan fingerprint density at radius 1 is 1.15 bits per heavy atom. The van der Waals surface area contributed by atoms with E-state index >= 15 is 0 Å². The lowest BCUT2D eigenvalue weighted by Crippen LogP contribution is -2.35. The maximum atomic E-state index is 12.1. The monoisotopic (exact) mass is 361 g/mol. The fourth-order valence-corrected chi connectivity index (χ4v) is 2.12. The minimum absolute atomic E-state index is 0.0143. The number of hydrogen-bond donors (Lipinski definition) is 3. The van der Waals surface area contributed by atoms with E-state index in [0.717, 1.165) is 0 Å². The molecule has 0 aromatic carbocycles. The minimum atomic E-state index is -0.554. The second-order valence-corrected chi connectivity index (χ2v) is 6.63. The predicted molar refractivity (Wildman–Crippen MR) is 96.0 cm³/mol. The van der Waals surface area contributed by atoms with Crippen molar-refractivity contribution >= 4 is 12.0 Å².